The van der Waals surface area contributed by atoms with Crippen LogP contribution in [-0.2, 0) is 19.6 Å². The predicted octanol–water partition coefficient (Wildman–Crippen LogP) is 1.11. The predicted molar refractivity (Wildman–Crippen MR) is 87.1 cm³/mol. The molecule has 0 bridgehead atoms. The largest absolute Gasteiger partial charge is 0.387 e. The van der Waals surface area contributed by atoms with Crippen LogP contribution in [-0.4, -0.2) is 56.2 Å². The third kappa shape index (κ3) is 3.44. The molecule has 1 atom stereocenters. The molecule has 1 amide bonds. The van der Waals surface area contributed by atoms with Crippen molar-refractivity contribution in [3.63, 3.8) is 0 Å². The van der Waals surface area contributed by atoms with Gasteiger partial charge < -0.3 is 14.9 Å². The summed E-state index contributed by atoms with van der Waals surface area (Å²) in [6.45, 7) is 4.18. The topological polar surface area (TPSA) is 74.5 Å². The van der Waals surface area contributed by atoms with Crippen molar-refractivity contribution in [2.24, 2.45) is 0 Å². The minimum atomic E-state index is -0.593. The zero-order valence-electron chi connectivity index (χ0n) is 13.6. The lowest BCUT2D eigenvalue weighted by Gasteiger charge is -2.27. The van der Waals surface area contributed by atoms with Crippen molar-refractivity contribution < 1.29 is 9.90 Å². The minimum absolute atomic E-state index is 0.0442. The molecule has 7 nitrogen and oxygen atoms in total. The number of thiazole rings is 1. The molecule has 124 valence electrons. The Balaban J connectivity index is 1.72. The number of aromatic nitrogens is 3. The van der Waals surface area contributed by atoms with E-state index < -0.39 is 6.10 Å². The summed E-state index contributed by atoms with van der Waals surface area (Å²) >= 11 is 1.51. The molecule has 0 aromatic carbocycles. The van der Waals surface area contributed by atoms with Gasteiger partial charge in [-0.2, -0.15) is 5.10 Å². The second kappa shape index (κ2) is 6.38. The Labute approximate surface area is 139 Å². The zero-order valence-corrected chi connectivity index (χ0v) is 14.4. The second-order valence-electron chi connectivity index (χ2n) is 6.05. The normalized spacial score (nSPS) is 15.8. The summed E-state index contributed by atoms with van der Waals surface area (Å²) in [7, 11) is 3.96. The lowest BCUT2D eigenvalue weighted by Crippen LogP contribution is -2.38. The van der Waals surface area contributed by atoms with Crippen molar-refractivity contribution in [1.29, 1.82) is 0 Å². The molecule has 8 heteroatoms. The van der Waals surface area contributed by atoms with E-state index in [0.29, 0.717) is 31.0 Å². The highest BCUT2D eigenvalue weighted by atomic mass is 32.1. The molecule has 1 aliphatic heterocycles. The lowest BCUT2D eigenvalue weighted by molar-refractivity contribution is 0.0700. The number of nitrogens with zero attached hydrogens (tertiary/aromatic N) is 5. The van der Waals surface area contributed by atoms with E-state index >= 15 is 0 Å². The maximum Gasteiger partial charge on any atom is 0.273 e. The van der Waals surface area contributed by atoms with Crippen LogP contribution in [0.4, 0.5) is 0 Å². The Morgan fingerprint density at radius 3 is 2.96 bits per heavy atom. The standard InChI is InChI=1S/C15H21N5O2S/c1-10(21)12-6-11-7-19(4-5-20(11)17-12)15(22)13-9-23-14(16-13)8-18(2)3/h6,9-10,21H,4-5,7-8H2,1-3H3/t10-/m1/s1. The van der Waals surface area contributed by atoms with E-state index in [1.54, 1.807) is 11.8 Å². The van der Waals surface area contributed by atoms with E-state index in [1.807, 2.05) is 35.1 Å². The van der Waals surface area contributed by atoms with Gasteiger partial charge in [0.15, 0.2) is 0 Å². The highest BCUT2D eigenvalue weighted by Gasteiger charge is 2.25. The summed E-state index contributed by atoms with van der Waals surface area (Å²) in [5.74, 6) is -0.0442. The number of carbonyl (C=O) groups excluding carboxylic acids is 1. The van der Waals surface area contributed by atoms with E-state index in [0.717, 1.165) is 17.2 Å². The first-order chi connectivity index (χ1) is 10.9. The fourth-order valence-electron chi connectivity index (χ4n) is 2.58. The monoisotopic (exact) mass is 335 g/mol. The number of rotatable bonds is 4. The molecule has 23 heavy (non-hydrogen) atoms. The number of aliphatic hydroxyl groups is 1. The summed E-state index contributed by atoms with van der Waals surface area (Å²) in [6, 6.07) is 1.86. The Morgan fingerprint density at radius 2 is 2.26 bits per heavy atom. The summed E-state index contributed by atoms with van der Waals surface area (Å²) in [6.07, 6.45) is -0.593. The quantitative estimate of drug-likeness (QED) is 0.906. The fourth-order valence-corrected chi connectivity index (χ4v) is 3.47. The van der Waals surface area contributed by atoms with Crippen molar-refractivity contribution in [1.82, 2.24) is 24.6 Å². The maximum absolute atomic E-state index is 12.6. The molecule has 0 spiro atoms. The Hall–Kier alpha value is -1.77. The Bertz CT molecular complexity index is 707. The van der Waals surface area contributed by atoms with Gasteiger partial charge in [0.2, 0.25) is 0 Å². The van der Waals surface area contributed by atoms with Gasteiger partial charge in [0.1, 0.15) is 10.7 Å². The molecule has 1 aliphatic rings. The van der Waals surface area contributed by atoms with Crippen LogP contribution in [0.15, 0.2) is 11.4 Å². The van der Waals surface area contributed by atoms with Gasteiger partial charge in [-0.15, -0.1) is 11.3 Å². The number of aliphatic hydroxyl groups excluding tert-OH is 1. The Kier molecular flexibility index (Phi) is 4.47. The zero-order chi connectivity index (χ0) is 16.6. The first-order valence-corrected chi connectivity index (χ1v) is 8.45. The first kappa shape index (κ1) is 16.1. The molecule has 0 saturated carbocycles. The molecule has 0 saturated heterocycles. The van der Waals surface area contributed by atoms with E-state index in [-0.39, 0.29) is 5.91 Å². The van der Waals surface area contributed by atoms with Crippen molar-refractivity contribution >= 4 is 17.2 Å². The fraction of sp³-hybridized carbons (Fsp3) is 0.533. The molecule has 0 unspecified atom stereocenters. The lowest BCUT2D eigenvalue weighted by atomic mass is 10.2. The van der Waals surface area contributed by atoms with Crippen molar-refractivity contribution in [3.05, 3.63) is 33.5 Å². The van der Waals surface area contributed by atoms with Crippen LogP contribution in [0.1, 0.15) is 39.9 Å². The van der Waals surface area contributed by atoms with Gasteiger partial charge in [0, 0.05) is 18.5 Å². The van der Waals surface area contributed by atoms with E-state index in [1.165, 1.54) is 11.3 Å². The second-order valence-corrected chi connectivity index (χ2v) is 6.99. The molecule has 2 aromatic heterocycles. The van der Waals surface area contributed by atoms with Crippen molar-refractivity contribution in [2.75, 3.05) is 20.6 Å². The third-order valence-corrected chi connectivity index (χ3v) is 4.59. The van der Waals surface area contributed by atoms with Gasteiger partial charge in [-0.3, -0.25) is 9.48 Å². The van der Waals surface area contributed by atoms with Crippen LogP contribution >= 0.6 is 11.3 Å². The minimum Gasteiger partial charge on any atom is -0.387 e. The van der Waals surface area contributed by atoms with Crippen LogP contribution < -0.4 is 0 Å². The van der Waals surface area contributed by atoms with Crippen molar-refractivity contribution in [3.8, 4) is 0 Å². The number of hydrogen-bond acceptors (Lipinski definition) is 6. The molecule has 0 aliphatic carbocycles. The van der Waals surface area contributed by atoms with Crippen LogP contribution in [0.5, 0.6) is 0 Å². The van der Waals surface area contributed by atoms with Gasteiger partial charge in [-0.05, 0) is 27.1 Å². The van der Waals surface area contributed by atoms with Crippen LogP contribution in [0.2, 0.25) is 0 Å². The number of amides is 1. The molecule has 2 aromatic rings. The summed E-state index contributed by atoms with van der Waals surface area (Å²) in [5.41, 5.74) is 2.11. The highest BCUT2D eigenvalue weighted by Crippen LogP contribution is 2.20. The van der Waals surface area contributed by atoms with Gasteiger partial charge in [-0.25, -0.2) is 4.98 Å². The molecule has 3 rings (SSSR count). The van der Waals surface area contributed by atoms with Gasteiger partial charge in [0.25, 0.3) is 5.91 Å². The van der Waals surface area contributed by atoms with E-state index in [2.05, 4.69) is 10.1 Å². The van der Waals surface area contributed by atoms with Crippen LogP contribution in [0.25, 0.3) is 0 Å². The SMILES string of the molecule is C[C@@H](O)c1cc2n(n1)CCN(C(=O)c1csc(CN(C)C)n1)C2. The Morgan fingerprint density at radius 1 is 1.48 bits per heavy atom. The first-order valence-electron chi connectivity index (χ1n) is 7.57. The van der Waals surface area contributed by atoms with Crippen LogP contribution in [0, 0.1) is 0 Å². The van der Waals surface area contributed by atoms with Crippen LogP contribution in [0.3, 0.4) is 0 Å². The summed E-state index contributed by atoms with van der Waals surface area (Å²) in [5, 5.41) is 16.8. The molecule has 1 N–H and O–H groups in total. The number of hydrogen-bond donors (Lipinski definition) is 1. The van der Waals surface area contributed by atoms with E-state index in [4.69, 9.17) is 0 Å². The average molecular weight is 335 g/mol. The smallest absolute Gasteiger partial charge is 0.273 e. The van der Waals surface area contributed by atoms with Gasteiger partial charge in [-0.1, -0.05) is 0 Å². The molecule has 3 heterocycles. The molecule has 0 radical (unpaired) electrons. The highest BCUT2D eigenvalue weighted by molar-refractivity contribution is 7.09. The maximum atomic E-state index is 12.6. The summed E-state index contributed by atoms with van der Waals surface area (Å²) < 4.78 is 1.87. The van der Waals surface area contributed by atoms with E-state index in [9.17, 15) is 9.90 Å². The number of fused-ring (bicyclic) bond motifs is 1. The number of carbonyl (C=O) groups is 1. The molecular weight excluding hydrogens is 314 g/mol. The average Bonchev–Trinajstić information content (AvgIpc) is 3.11. The summed E-state index contributed by atoms with van der Waals surface area (Å²) in [4.78, 5) is 20.9. The third-order valence-electron chi connectivity index (χ3n) is 3.75. The van der Waals surface area contributed by atoms with Crippen molar-refractivity contribution in [2.45, 2.75) is 32.7 Å². The molecule has 0 fully saturated rings. The van der Waals surface area contributed by atoms with Gasteiger partial charge >= 0.3 is 0 Å². The van der Waals surface area contributed by atoms with Gasteiger partial charge in [0.05, 0.1) is 30.6 Å². The molecular formula is C15H21N5O2S.